The molecule has 98 valence electrons. The third-order valence-electron chi connectivity index (χ3n) is 3.52. The van der Waals surface area contributed by atoms with Crippen LogP contribution in [0.1, 0.15) is 42.5 Å². The Kier molecular flexibility index (Phi) is 4.64. The number of carboxylic acids is 1. The zero-order valence-corrected chi connectivity index (χ0v) is 11.9. The first-order valence-corrected chi connectivity index (χ1v) is 7.23. The van der Waals surface area contributed by atoms with Crippen molar-refractivity contribution in [2.24, 2.45) is 5.92 Å². The lowest BCUT2D eigenvalue weighted by Crippen LogP contribution is -2.17. The summed E-state index contributed by atoms with van der Waals surface area (Å²) in [6.45, 7) is 0.977. The molecule has 18 heavy (non-hydrogen) atoms. The molecule has 0 bridgehead atoms. The highest BCUT2D eigenvalue weighted by molar-refractivity contribution is 9.10. The third-order valence-corrected chi connectivity index (χ3v) is 4.18. The number of benzene rings is 1. The van der Waals surface area contributed by atoms with Crippen molar-refractivity contribution in [1.82, 2.24) is 0 Å². The SMILES string of the molecule is O=C(O)c1ccc(NCC2CCCCC2)c(Br)c1. The average molecular weight is 312 g/mol. The van der Waals surface area contributed by atoms with E-state index < -0.39 is 5.97 Å². The summed E-state index contributed by atoms with van der Waals surface area (Å²) in [4.78, 5) is 10.8. The van der Waals surface area contributed by atoms with Gasteiger partial charge in [0.2, 0.25) is 0 Å². The van der Waals surface area contributed by atoms with Crippen molar-refractivity contribution < 1.29 is 9.90 Å². The summed E-state index contributed by atoms with van der Waals surface area (Å²) < 4.78 is 0.818. The van der Waals surface area contributed by atoms with Crippen molar-refractivity contribution in [1.29, 1.82) is 0 Å². The maximum atomic E-state index is 10.8. The quantitative estimate of drug-likeness (QED) is 0.878. The van der Waals surface area contributed by atoms with Gasteiger partial charge in [-0.2, -0.15) is 0 Å². The molecule has 1 fully saturated rings. The monoisotopic (exact) mass is 311 g/mol. The average Bonchev–Trinajstić information content (AvgIpc) is 2.38. The van der Waals surface area contributed by atoms with Crippen LogP contribution in [0.15, 0.2) is 22.7 Å². The van der Waals surface area contributed by atoms with E-state index in [9.17, 15) is 4.79 Å². The highest BCUT2D eigenvalue weighted by Gasteiger charge is 2.13. The van der Waals surface area contributed by atoms with E-state index in [4.69, 9.17) is 5.11 Å². The highest BCUT2D eigenvalue weighted by atomic mass is 79.9. The van der Waals surface area contributed by atoms with Gasteiger partial charge in [0.05, 0.1) is 5.56 Å². The van der Waals surface area contributed by atoms with Gasteiger partial charge >= 0.3 is 5.97 Å². The fourth-order valence-electron chi connectivity index (χ4n) is 2.44. The van der Waals surface area contributed by atoms with Gasteiger partial charge in [-0.15, -0.1) is 0 Å². The number of hydrogen-bond donors (Lipinski definition) is 2. The zero-order chi connectivity index (χ0) is 13.0. The lowest BCUT2D eigenvalue weighted by atomic mass is 9.89. The molecule has 0 radical (unpaired) electrons. The van der Waals surface area contributed by atoms with Crippen molar-refractivity contribution in [2.45, 2.75) is 32.1 Å². The van der Waals surface area contributed by atoms with Crippen LogP contribution in [0.5, 0.6) is 0 Å². The van der Waals surface area contributed by atoms with Crippen molar-refractivity contribution in [2.75, 3.05) is 11.9 Å². The number of carboxylic acid groups (broad SMARTS) is 1. The van der Waals surface area contributed by atoms with E-state index in [-0.39, 0.29) is 0 Å². The molecular weight excluding hydrogens is 294 g/mol. The summed E-state index contributed by atoms with van der Waals surface area (Å²) in [7, 11) is 0. The van der Waals surface area contributed by atoms with Gasteiger partial charge in [0, 0.05) is 16.7 Å². The second kappa shape index (κ2) is 6.23. The molecule has 0 atom stereocenters. The van der Waals surface area contributed by atoms with Gasteiger partial charge in [-0.25, -0.2) is 4.79 Å². The van der Waals surface area contributed by atoms with E-state index in [0.29, 0.717) is 5.56 Å². The Bertz CT molecular complexity index is 428. The predicted octanol–water partition coefficient (Wildman–Crippen LogP) is 4.14. The van der Waals surface area contributed by atoms with Gasteiger partial charge < -0.3 is 10.4 Å². The van der Waals surface area contributed by atoms with Crippen LogP contribution in [-0.2, 0) is 0 Å². The van der Waals surface area contributed by atoms with E-state index in [0.717, 1.165) is 22.6 Å². The van der Waals surface area contributed by atoms with Gasteiger partial charge in [0.15, 0.2) is 0 Å². The molecule has 1 aliphatic carbocycles. The summed E-state index contributed by atoms with van der Waals surface area (Å²) in [5.41, 5.74) is 1.29. The van der Waals surface area contributed by atoms with Crippen LogP contribution in [0.2, 0.25) is 0 Å². The second-order valence-electron chi connectivity index (χ2n) is 4.88. The number of aromatic carboxylic acids is 1. The van der Waals surface area contributed by atoms with Gasteiger partial charge in [-0.1, -0.05) is 19.3 Å². The minimum atomic E-state index is -0.894. The van der Waals surface area contributed by atoms with Gasteiger partial charge in [-0.3, -0.25) is 0 Å². The Balaban J connectivity index is 1.94. The molecule has 2 rings (SSSR count). The van der Waals surface area contributed by atoms with Gasteiger partial charge in [-0.05, 0) is 52.9 Å². The largest absolute Gasteiger partial charge is 0.478 e. The Labute approximate surface area is 116 Å². The van der Waals surface area contributed by atoms with Gasteiger partial charge in [0.1, 0.15) is 0 Å². The smallest absolute Gasteiger partial charge is 0.335 e. The summed E-state index contributed by atoms with van der Waals surface area (Å²) in [6, 6.07) is 5.11. The first-order chi connectivity index (χ1) is 8.66. The standard InChI is InChI=1S/C14H18BrNO2/c15-12-8-11(14(17)18)6-7-13(12)16-9-10-4-2-1-3-5-10/h6-8,10,16H,1-5,9H2,(H,17,18). The van der Waals surface area contributed by atoms with E-state index in [1.807, 2.05) is 6.07 Å². The number of hydrogen-bond acceptors (Lipinski definition) is 2. The van der Waals surface area contributed by atoms with Crippen molar-refractivity contribution in [3.05, 3.63) is 28.2 Å². The summed E-state index contributed by atoms with van der Waals surface area (Å²) in [5.74, 6) is -0.140. The highest BCUT2D eigenvalue weighted by Crippen LogP contribution is 2.27. The summed E-state index contributed by atoms with van der Waals surface area (Å²) >= 11 is 3.41. The van der Waals surface area contributed by atoms with Crippen LogP contribution in [0.3, 0.4) is 0 Å². The molecule has 0 heterocycles. The molecule has 1 aliphatic rings. The predicted molar refractivity (Wildman–Crippen MR) is 76.2 cm³/mol. The Morgan fingerprint density at radius 2 is 2.06 bits per heavy atom. The number of anilines is 1. The fourth-order valence-corrected chi connectivity index (χ4v) is 2.96. The fraction of sp³-hybridized carbons (Fsp3) is 0.500. The van der Waals surface area contributed by atoms with Crippen LogP contribution in [0, 0.1) is 5.92 Å². The van der Waals surface area contributed by atoms with Gasteiger partial charge in [0.25, 0.3) is 0 Å². The molecule has 0 aromatic heterocycles. The molecule has 4 heteroatoms. The molecule has 0 aliphatic heterocycles. The molecule has 3 nitrogen and oxygen atoms in total. The Hall–Kier alpha value is -1.03. The first-order valence-electron chi connectivity index (χ1n) is 6.43. The van der Waals surface area contributed by atoms with Crippen LogP contribution in [0.4, 0.5) is 5.69 Å². The van der Waals surface area contributed by atoms with E-state index in [1.54, 1.807) is 12.1 Å². The zero-order valence-electron chi connectivity index (χ0n) is 10.3. The molecule has 0 saturated heterocycles. The minimum Gasteiger partial charge on any atom is -0.478 e. The maximum absolute atomic E-state index is 10.8. The maximum Gasteiger partial charge on any atom is 0.335 e. The first kappa shape index (κ1) is 13.4. The molecule has 2 N–H and O–H groups in total. The third kappa shape index (κ3) is 3.48. The number of halogens is 1. The van der Waals surface area contributed by atoms with E-state index in [1.165, 1.54) is 32.1 Å². The van der Waals surface area contributed by atoms with Crippen molar-refractivity contribution in [3.8, 4) is 0 Å². The van der Waals surface area contributed by atoms with Crippen molar-refractivity contribution in [3.63, 3.8) is 0 Å². The molecule has 1 aromatic carbocycles. The molecule has 0 amide bonds. The minimum absolute atomic E-state index is 0.310. The van der Waals surface area contributed by atoms with Crippen LogP contribution >= 0.6 is 15.9 Å². The lowest BCUT2D eigenvalue weighted by Gasteiger charge is -2.22. The van der Waals surface area contributed by atoms with Crippen molar-refractivity contribution >= 4 is 27.6 Å². The Morgan fingerprint density at radius 3 is 2.67 bits per heavy atom. The number of nitrogens with one attached hydrogen (secondary N) is 1. The van der Waals surface area contributed by atoms with Crippen LogP contribution in [-0.4, -0.2) is 17.6 Å². The second-order valence-corrected chi connectivity index (χ2v) is 5.74. The molecule has 0 spiro atoms. The molecule has 0 unspecified atom stereocenters. The summed E-state index contributed by atoms with van der Waals surface area (Å²) in [5, 5.41) is 12.3. The van der Waals surface area contributed by atoms with E-state index in [2.05, 4.69) is 21.2 Å². The molecule has 1 aromatic rings. The van der Waals surface area contributed by atoms with Crippen LogP contribution in [0.25, 0.3) is 0 Å². The number of carbonyl (C=O) groups is 1. The summed E-state index contributed by atoms with van der Waals surface area (Å²) in [6.07, 6.45) is 6.65. The Morgan fingerprint density at radius 1 is 1.33 bits per heavy atom. The number of rotatable bonds is 4. The normalized spacial score (nSPS) is 16.5. The molecular formula is C14H18BrNO2. The van der Waals surface area contributed by atoms with Crippen LogP contribution < -0.4 is 5.32 Å². The molecule has 1 saturated carbocycles. The topological polar surface area (TPSA) is 49.3 Å². The van der Waals surface area contributed by atoms with E-state index >= 15 is 0 Å². The lowest BCUT2D eigenvalue weighted by molar-refractivity contribution is 0.0697.